The van der Waals surface area contributed by atoms with Crippen LogP contribution in [0.3, 0.4) is 0 Å². The fourth-order valence-electron chi connectivity index (χ4n) is 2.47. The maximum absolute atomic E-state index is 13.2. The van der Waals surface area contributed by atoms with E-state index in [2.05, 4.69) is 29.2 Å². The molecule has 1 aliphatic rings. The largest absolute Gasteiger partial charge is 0.311 e. The van der Waals surface area contributed by atoms with Gasteiger partial charge in [0, 0.05) is 38.8 Å². The van der Waals surface area contributed by atoms with Gasteiger partial charge in [-0.05, 0) is 31.8 Å². The number of benzene rings is 1. The van der Waals surface area contributed by atoms with E-state index >= 15 is 0 Å². The predicted octanol–water partition coefficient (Wildman–Crippen LogP) is 1.03. The van der Waals surface area contributed by atoms with E-state index in [9.17, 15) is 4.39 Å². The van der Waals surface area contributed by atoms with Crippen LogP contribution in [0.5, 0.6) is 0 Å². The molecular formula is C15H21FN4. The summed E-state index contributed by atoms with van der Waals surface area (Å²) in [4.78, 5) is 4.69. The van der Waals surface area contributed by atoms with Crippen molar-refractivity contribution in [3.05, 3.63) is 35.1 Å². The van der Waals surface area contributed by atoms with Crippen LogP contribution < -0.4 is 5.32 Å². The van der Waals surface area contributed by atoms with E-state index in [4.69, 9.17) is 5.26 Å². The average Bonchev–Trinajstić information content (AvgIpc) is 2.44. The Labute approximate surface area is 119 Å². The molecule has 0 amide bonds. The van der Waals surface area contributed by atoms with Gasteiger partial charge < -0.3 is 10.2 Å². The summed E-state index contributed by atoms with van der Waals surface area (Å²) in [5, 5.41) is 12.2. The van der Waals surface area contributed by atoms with Gasteiger partial charge in [0.2, 0.25) is 0 Å². The van der Waals surface area contributed by atoms with Crippen LogP contribution in [0, 0.1) is 17.1 Å². The van der Waals surface area contributed by atoms with Gasteiger partial charge in [-0.2, -0.15) is 5.26 Å². The second-order valence-corrected chi connectivity index (χ2v) is 5.45. The molecule has 4 nitrogen and oxygen atoms in total. The van der Waals surface area contributed by atoms with Crippen LogP contribution in [0.2, 0.25) is 0 Å². The van der Waals surface area contributed by atoms with Crippen molar-refractivity contribution in [2.24, 2.45) is 0 Å². The third kappa shape index (κ3) is 3.76. The maximum Gasteiger partial charge on any atom is 0.140 e. The van der Waals surface area contributed by atoms with Crippen LogP contribution in [0.25, 0.3) is 0 Å². The maximum atomic E-state index is 13.2. The summed E-state index contributed by atoms with van der Waals surface area (Å²) in [5.41, 5.74) is 1.05. The molecule has 0 aliphatic carbocycles. The number of halogens is 1. The minimum Gasteiger partial charge on any atom is -0.311 e. The molecule has 1 unspecified atom stereocenters. The Hall–Kier alpha value is -1.48. The molecule has 1 heterocycles. The van der Waals surface area contributed by atoms with Crippen LogP contribution in [0.1, 0.15) is 11.1 Å². The standard InChI is InChI=1S/C15H21FN4/c1-19-5-6-20(2)14(11-19)10-18-9-12-3-4-15(16)13(7-12)8-17/h3-4,7,14,18H,5-6,9-11H2,1-2H3. The molecule has 2 rings (SSSR count). The van der Waals surface area contributed by atoms with Gasteiger partial charge in [0.1, 0.15) is 11.9 Å². The molecule has 0 bridgehead atoms. The first kappa shape index (κ1) is 14.9. The van der Waals surface area contributed by atoms with E-state index < -0.39 is 5.82 Å². The predicted molar refractivity (Wildman–Crippen MR) is 76.7 cm³/mol. The summed E-state index contributed by atoms with van der Waals surface area (Å²) >= 11 is 0. The zero-order valence-electron chi connectivity index (χ0n) is 12.1. The number of nitrogens with one attached hydrogen (secondary N) is 1. The number of nitrogens with zero attached hydrogens (tertiary/aromatic N) is 3. The summed E-state index contributed by atoms with van der Waals surface area (Å²) in [6.07, 6.45) is 0. The highest BCUT2D eigenvalue weighted by atomic mass is 19.1. The topological polar surface area (TPSA) is 42.3 Å². The van der Waals surface area contributed by atoms with Crippen LogP contribution >= 0.6 is 0 Å². The zero-order valence-corrected chi connectivity index (χ0v) is 12.1. The van der Waals surface area contributed by atoms with Crippen molar-refractivity contribution >= 4 is 0 Å². The van der Waals surface area contributed by atoms with Gasteiger partial charge in [0.15, 0.2) is 0 Å². The van der Waals surface area contributed by atoms with Crippen molar-refractivity contribution in [2.45, 2.75) is 12.6 Å². The lowest BCUT2D eigenvalue weighted by molar-refractivity contribution is 0.113. The summed E-state index contributed by atoms with van der Waals surface area (Å²) in [6, 6.07) is 7.05. The van der Waals surface area contributed by atoms with Crippen molar-refractivity contribution in [1.29, 1.82) is 5.26 Å². The number of nitriles is 1. The highest BCUT2D eigenvalue weighted by Crippen LogP contribution is 2.10. The van der Waals surface area contributed by atoms with Crippen LogP contribution in [-0.2, 0) is 6.54 Å². The minimum absolute atomic E-state index is 0.110. The Morgan fingerprint density at radius 3 is 2.95 bits per heavy atom. The van der Waals surface area contributed by atoms with E-state index in [1.54, 1.807) is 12.1 Å². The number of likely N-dealkylation sites (N-methyl/N-ethyl adjacent to an activating group) is 2. The van der Waals surface area contributed by atoms with E-state index in [-0.39, 0.29) is 5.56 Å². The monoisotopic (exact) mass is 276 g/mol. The lowest BCUT2D eigenvalue weighted by atomic mass is 10.1. The minimum atomic E-state index is -0.454. The molecule has 1 fully saturated rings. The molecule has 0 radical (unpaired) electrons. The third-order valence-corrected chi connectivity index (χ3v) is 3.84. The van der Waals surface area contributed by atoms with Crippen molar-refractivity contribution in [2.75, 3.05) is 40.3 Å². The second-order valence-electron chi connectivity index (χ2n) is 5.45. The molecule has 0 spiro atoms. The van der Waals surface area contributed by atoms with Crippen molar-refractivity contribution in [3.63, 3.8) is 0 Å². The summed E-state index contributed by atoms with van der Waals surface area (Å²) in [5.74, 6) is -0.454. The molecule has 5 heteroatoms. The number of hydrogen-bond donors (Lipinski definition) is 1. The summed E-state index contributed by atoms with van der Waals surface area (Å²) in [7, 11) is 4.28. The molecule has 1 saturated heterocycles. The Morgan fingerprint density at radius 2 is 2.20 bits per heavy atom. The molecule has 1 atom stereocenters. The second kappa shape index (κ2) is 6.80. The molecule has 20 heavy (non-hydrogen) atoms. The highest BCUT2D eigenvalue weighted by molar-refractivity contribution is 5.34. The van der Waals surface area contributed by atoms with E-state index in [0.717, 1.165) is 31.7 Å². The first-order valence-electron chi connectivity index (χ1n) is 6.88. The lowest BCUT2D eigenvalue weighted by Crippen LogP contribution is -2.53. The van der Waals surface area contributed by atoms with Gasteiger partial charge in [-0.15, -0.1) is 0 Å². The van der Waals surface area contributed by atoms with Crippen molar-refractivity contribution in [1.82, 2.24) is 15.1 Å². The van der Waals surface area contributed by atoms with Gasteiger partial charge >= 0.3 is 0 Å². The lowest BCUT2D eigenvalue weighted by Gasteiger charge is -2.37. The highest BCUT2D eigenvalue weighted by Gasteiger charge is 2.21. The summed E-state index contributed by atoms with van der Waals surface area (Å²) < 4.78 is 13.2. The molecule has 1 aliphatic heterocycles. The van der Waals surface area contributed by atoms with Gasteiger partial charge in [0.25, 0.3) is 0 Å². The van der Waals surface area contributed by atoms with Crippen LogP contribution in [0.15, 0.2) is 18.2 Å². The van der Waals surface area contributed by atoms with Crippen molar-refractivity contribution in [3.8, 4) is 6.07 Å². The first-order valence-corrected chi connectivity index (χ1v) is 6.88. The number of piperazine rings is 1. The third-order valence-electron chi connectivity index (χ3n) is 3.84. The van der Waals surface area contributed by atoms with E-state index in [0.29, 0.717) is 12.6 Å². The van der Waals surface area contributed by atoms with E-state index in [1.165, 1.54) is 6.07 Å². The quantitative estimate of drug-likeness (QED) is 0.892. The Bertz CT molecular complexity index is 497. The average molecular weight is 276 g/mol. The molecule has 1 aromatic carbocycles. The van der Waals surface area contributed by atoms with E-state index in [1.807, 2.05) is 6.07 Å². The fourth-order valence-corrected chi connectivity index (χ4v) is 2.47. The van der Waals surface area contributed by atoms with Crippen molar-refractivity contribution < 1.29 is 4.39 Å². The molecule has 1 N–H and O–H groups in total. The molecule has 0 saturated carbocycles. The van der Waals surface area contributed by atoms with Gasteiger partial charge in [-0.1, -0.05) is 6.07 Å². The Morgan fingerprint density at radius 1 is 1.40 bits per heavy atom. The molecular weight excluding hydrogens is 255 g/mol. The Kier molecular flexibility index (Phi) is 5.07. The summed E-state index contributed by atoms with van der Waals surface area (Å²) in [6.45, 7) is 4.79. The SMILES string of the molecule is CN1CCN(C)C(CNCc2ccc(F)c(C#N)c2)C1. The fraction of sp³-hybridized carbons (Fsp3) is 0.533. The smallest absolute Gasteiger partial charge is 0.140 e. The number of rotatable bonds is 4. The van der Waals surface area contributed by atoms with Crippen LogP contribution in [0.4, 0.5) is 4.39 Å². The normalized spacial score (nSPS) is 20.8. The zero-order chi connectivity index (χ0) is 14.5. The molecule has 108 valence electrons. The Balaban J connectivity index is 1.85. The van der Waals surface area contributed by atoms with Gasteiger partial charge in [0.05, 0.1) is 5.56 Å². The van der Waals surface area contributed by atoms with Crippen LogP contribution in [-0.4, -0.2) is 56.1 Å². The first-order chi connectivity index (χ1) is 9.60. The number of hydrogen-bond acceptors (Lipinski definition) is 4. The van der Waals surface area contributed by atoms with Gasteiger partial charge in [-0.3, -0.25) is 4.90 Å². The molecule has 0 aromatic heterocycles. The molecule has 1 aromatic rings. The van der Waals surface area contributed by atoms with Gasteiger partial charge in [-0.25, -0.2) is 4.39 Å².